The first kappa shape index (κ1) is 14.9. The number of nitrogens with two attached hydrogens (primary N) is 1. The van der Waals surface area contributed by atoms with Crippen molar-refractivity contribution < 1.29 is 9.72 Å². The summed E-state index contributed by atoms with van der Waals surface area (Å²) in [6, 6.07) is 6.00. The van der Waals surface area contributed by atoms with Crippen molar-refractivity contribution >= 4 is 28.6 Å². The average molecular weight is 306 g/mol. The van der Waals surface area contributed by atoms with E-state index in [0.29, 0.717) is 12.2 Å². The molecule has 0 saturated heterocycles. The molecule has 0 spiro atoms. The van der Waals surface area contributed by atoms with Crippen molar-refractivity contribution in [2.24, 2.45) is 5.84 Å². The number of amides is 1. The molecule has 0 atom stereocenters. The van der Waals surface area contributed by atoms with Crippen LogP contribution in [0.25, 0.3) is 0 Å². The molecule has 7 nitrogen and oxygen atoms in total. The van der Waals surface area contributed by atoms with Crippen LogP contribution >= 0.6 is 11.3 Å². The van der Waals surface area contributed by atoms with Crippen LogP contribution in [0.15, 0.2) is 35.0 Å². The van der Waals surface area contributed by atoms with Crippen molar-refractivity contribution in [1.82, 2.24) is 4.90 Å². The zero-order valence-electron chi connectivity index (χ0n) is 11.3. The Bertz CT molecular complexity index is 657. The second-order valence-electron chi connectivity index (χ2n) is 4.43. The second kappa shape index (κ2) is 6.33. The number of hydrogen-bond acceptors (Lipinski definition) is 6. The molecule has 8 heteroatoms. The molecule has 0 aliphatic heterocycles. The highest BCUT2D eigenvalue weighted by atomic mass is 32.1. The Balaban J connectivity index is 2.30. The summed E-state index contributed by atoms with van der Waals surface area (Å²) in [4.78, 5) is 24.3. The first-order valence-electron chi connectivity index (χ1n) is 6.04. The molecule has 1 heterocycles. The Hall–Kier alpha value is -2.45. The van der Waals surface area contributed by atoms with E-state index in [2.05, 4.69) is 5.43 Å². The quantitative estimate of drug-likeness (QED) is 0.501. The summed E-state index contributed by atoms with van der Waals surface area (Å²) >= 11 is 1.53. The van der Waals surface area contributed by atoms with E-state index in [1.807, 2.05) is 16.8 Å². The van der Waals surface area contributed by atoms with Gasteiger partial charge in [0.1, 0.15) is 5.56 Å². The maximum atomic E-state index is 12.4. The summed E-state index contributed by atoms with van der Waals surface area (Å²) < 4.78 is 0. The van der Waals surface area contributed by atoms with Crippen molar-refractivity contribution in [3.8, 4) is 0 Å². The number of nitro benzene ring substituents is 1. The Morgan fingerprint density at radius 3 is 2.81 bits per heavy atom. The van der Waals surface area contributed by atoms with Crippen LogP contribution in [0.1, 0.15) is 15.9 Å². The van der Waals surface area contributed by atoms with E-state index in [0.717, 1.165) is 5.56 Å². The number of carbonyl (C=O) groups is 1. The lowest BCUT2D eigenvalue weighted by atomic mass is 10.1. The molecule has 110 valence electrons. The summed E-state index contributed by atoms with van der Waals surface area (Å²) in [5.41, 5.74) is 3.57. The maximum absolute atomic E-state index is 12.4. The first-order chi connectivity index (χ1) is 10.0. The third-order valence-electron chi connectivity index (χ3n) is 2.94. The molecular weight excluding hydrogens is 292 g/mol. The number of hydrogen-bond donors (Lipinski definition) is 2. The fourth-order valence-electron chi connectivity index (χ4n) is 1.89. The summed E-state index contributed by atoms with van der Waals surface area (Å²) in [6.07, 6.45) is 0. The van der Waals surface area contributed by atoms with E-state index in [-0.39, 0.29) is 11.3 Å². The summed E-state index contributed by atoms with van der Waals surface area (Å²) in [5, 5.41) is 14.9. The number of anilines is 1. The molecule has 1 amide bonds. The van der Waals surface area contributed by atoms with Gasteiger partial charge in [0.15, 0.2) is 0 Å². The van der Waals surface area contributed by atoms with Crippen LogP contribution in [0.2, 0.25) is 0 Å². The number of nitrogens with one attached hydrogen (secondary N) is 1. The van der Waals surface area contributed by atoms with Crippen LogP contribution in [-0.4, -0.2) is 22.8 Å². The average Bonchev–Trinajstić information content (AvgIpc) is 2.98. The molecule has 0 aliphatic carbocycles. The Labute approximate surface area is 125 Å². The topological polar surface area (TPSA) is 102 Å². The number of nitro groups is 1. The minimum atomic E-state index is -0.577. The lowest BCUT2D eigenvalue weighted by molar-refractivity contribution is -0.385. The van der Waals surface area contributed by atoms with E-state index >= 15 is 0 Å². The van der Waals surface area contributed by atoms with Gasteiger partial charge in [0, 0.05) is 25.3 Å². The van der Waals surface area contributed by atoms with E-state index in [9.17, 15) is 14.9 Å². The molecule has 2 rings (SSSR count). The van der Waals surface area contributed by atoms with Gasteiger partial charge in [-0.2, -0.15) is 11.3 Å². The normalized spacial score (nSPS) is 10.2. The van der Waals surface area contributed by atoms with Gasteiger partial charge in [-0.3, -0.25) is 20.8 Å². The first-order valence-corrected chi connectivity index (χ1v) is 6.99. The molecule has 0 fully saturated rings. The van der Waals surface area contributed by atoms with Crippen LogP contribution in [0.3, 0.4) is 0 Å². The SMILES string of the molecule is CN(Cc1ccsc1)C(=O)c1cc(NN)ccc1[N+](=O)[O-]. The molecule has 1 aromatic carbocycles. The number of rotatable bonds is 5. The lowest BCUT2D eigenvalue weighted by Gasteiger charge is -2.17. The van der Waals surface area contributed by atoms with Gasteiger partial charge >= 0.3 is 0 Å². The van der Waals surface area contributed by atoms with Crippen LogP contribution in [0.4, 0.5) is 11.4 Å². The predicted molar refractivity (Wildman–Crippen MR) is 81.0 cm³/mol. The second-order valence-corrected chi connectivity index (χ2v) is 5.21. The zero-order chi connectivity index (χ0) is 15.4. The molecule has 2 aromatic rings. The fraction of sp³-hybridized carbons (Fsp3) is 0.154. The summed E-state index contributed by atoms with van der Waals surface area (Å²) in [6.45, 7) is 0.389. The predicted octanol–water partition coefficient (Wildman–Crippen LogP) is 2.21. The maximum Gasteiger partial charge on any atom is 0.282 e. The Kier molecular flexibility index (Phi) is 4.51. The molecule has 1 aromatic heterocycles. The van der Waals surface area contributed by atoms with Crippen LogP contribution < -0.4 is 11.3 Å². The van der Waals surface area contributed by atoms with Crippen molar-refractivity contribution in [2.75, 3.05) is 12.5 Å². The van der Waals surface area contributed by atoms with E-state index < -0.39 is 10.8 Å². The lowest BCUT2D eigenvalue weighted by Crippen LogP contribution is -2.27. The van der Waals surface area contributed by atoms with Crippen molar-refractivity contribution in [3.05, 3.63) is 56.3 Å². The summed E-state index contributed by atoms with van der Waals surface area (Å²) in [7, 11) is 1.60. The number of thiophene rings is 1. The monoisotopic (exact) mass is 306 g/mol. The van der Waals surface area contributed by atoms with Crippen LogP contribution in [-0.2, 0) is 6.54 Å². The number of nitrogen functional groups attached to an aromatic ring is 1. The minimum absolute atomic E-state index is 0.00757. The molecule has 3 N–H and O–H groups in total. The Morgan fingerprint density at radius 1 is 1.48 bits per heavy atom. The smallest absolute Gasteiger partial charge is 0.282 e. The van der Waals surface area contributed by atoms with Crippen LogP contribution in [0, 0.1) is 10.1 Å². The van der Waals surface area contributed by atoms with E-state index in [1.54, 1.807) is 7.05 Å². The molecule has 21 heavy (non-hydrogen) atoms. The molecule has 0 bridgehead atoms. The third kappa shape index (κ3) is 3.36. The number of carbonyl (C=O) groups excluding carboxylic acids is 1. The van der Waals surface area contributed by atoms with Gasteiger partial charge in [-0.15, -0.1) is 0 Å². The van der Waals surface area contributed by atoms with E-state index in [4.69, 9.17) is 5.84 Å². The number of benzene rings is 1. The molecule has 0 saturated carbocycles. The van der Waals surface area contributed by atoms with Crippen molar-refractivity contribution in [3.63, 3.8) is 0 Å². The molecule has 0 unspecified atom stereocenters. The van der Waals surface area contributed by atoms with Crippen molar-refractivity contribution in [1.29, 1.82) is 0 Å². The van der Waals surface area contributed by atoms with Gasteiger partial charge in [0.2, 0.25) is 0 Å². The van der Waals surface area contributed by atoms with Gasteiger partial charge in [-0.05, 0) is 34.5 Å². The fourth-order valence-corrected chi connectivity index (χ4v) is 2.55. The molecule has 0 radical (unpaired) electrons. The Morgan fingerprint density at radius 2 is 2.24 bits per heavy atom. The van der Waals surface area contributed by atoms with Gasteiger partial charge in [-0.25, -0.2) is 0 Å². The minimum Gasteiger partial charge on any atom is -0.337 e. The highest BCUT2D eigenvalue weighted by molar-refractivity contribution is 7.07. The highest BCUT2D eigenvalue weighted by Gasteiger charge is 2.23. The summed E-state index contributed by atoms with van der Waals surface area (Å²) in [5.74, 6) is 4.86. The van der Waals surface area contributed by atoms with Crippen molar-refractivity contribution in [2.45, 2.75) is 6.54 Å². The zero-order valence-corrected chi connectivity index (χ0v) is 12.1. The highest BCUT2D eigenvalue weighted by Crippen LogP contribution is 2.24. The van der Waals surface area contributed by atoms with Gasteiger partial charge in [0.25, 0.3) is 11.6 Å². The number of hydrazine groups is 1. The van der Waals surface area contributed by atoms with Gasteiger partial charge in [0.05, 0.1) is 4.92 Å². The van der Waals surface area contributed by atoms with Gasteiger partial charge < -0.3 is 10.3 Å². The van der Waals surface area contributed by atoms with E-state index in [1.165, 1.54) is 34.4 Å². The number of nitrogens with zero attached hydrogens (tertiary/aromatic N) is 2. The third-order valence-corrected chi connectivity index (χ3v) is 3.67. The molecule has 0 aliphatic rings. The standard InChI is InChI=1S/C13H14N4O3S/c1-16(7-9-4-5-21-8-9)13(18)11-6-10(15-14)2-3-12(11)17(19)20/h2-6,8,15H,7,14H2,1H3. The van der Waals surface area contributed by atoms with Gasteiger partial charge in [-0.1, -0.05) is 0 Å². The largest absolute Gasteiger partial charge is 0.337 e. The molecular formula is C13H14N4O3S. The van der Waals surface area contributed by atoms with Crippen LogP contribution in [0.5, 0.6) is 0 Å².